The van der Waals surface area contributed by atoms with Crippen molar-refractivity contribution in [1.82, 2.24) is 10.2 Å². The molecule has 0 aromatic carbocycles. The number of carbonyl (C=O) groups is 1. The number of hydrogen-bond acceptors (Lipinski definition) is 3. The van der Waals surface area contributed by atoms with Gasteiger partial charge in [0.1, 0.15) is 0 Å². The number of ether oxygens (including phenoxy) is 1. The summed E-state index contributed by atoms with van der Waals surface area (Å²) in [6, 6.07) is 0. The molecule has 4 heteroatoms. The Bertz CT molecular complexity index is 216. The highest BCUT2D eigenvalue weighted by Gasteiger charge is 2.30. The summed E-state index contributed by atoms with van der Waals surface area (Å²) in [5, 5.41) is 3.13. The van der Waals surface area contributed by atoms with Gasteiger partial charge in [0, 0.05) is 26.2 Å². The standard InChI is InChI=1S/C10H18N2O2/c1-8-6-12(2-3-14-7-8)10(13)9-4-11-5-9/h8-9,11H,2-7H2,1H3. The van der Waals surface area contributed by atoms with Crippen molar-refractivity contribution in [2.24, 2.45) is 11.8 Å². The van der Waals surface area contributed by atoms with E-state index in [1.54, 1.807) is 0 Å². The van der Waals surface area contributed by atoms with Crippen LogP contribution in [0.25, 0.3) is 0 Å². The lowest BCUT2D eigenvalue weighted by Gasteiger charge is -2.32. The van der Waals surface area contributed by atoms with E-state index in [4.69, 9.17) is 4.74 Å². The van der Waals surface area contributed by atoms with Gasteiger partial charge in [-0.2, -0.15) is 0 Å². The van der Waals surface area contributed by atoms with E-state index >= 15 is 0 Å². The summed E-state index contributed by atoms with van der Waals surface area (Å²) < 4.78 is 5.41. The quantitative estimate of drug-likeness (QED) is 0.629. The topological polar surface area (TPSA) is 41.6 Å². The van der Waals surface area contributed by atoms with Crippen LogP contribution in [0.15, 0.2) is 0 Å². The number of rotatable bonds is 1. The molecule has 1 atom stereocenters. The molecule has 2 heterocycles. The van der Waals surface area contributed by atoms with E-state index in [1.807, 2.05) is 4.90 Å². The van der Waals surface area contributed by atoms with Crippen molar-refractivity contribution in [1.29, 1.82) is 0 Å². The third-order valence-electron chi connectivity index (χ3n) is 2.88. The molecule has 14 heavy (non-hydrogen) atoms. The summed E-state index contributed by atoms with van der Waals surface area (Å²) >= 11 is 0. The van der Waals surface area contributed by atoms with Gasteiger partial charge in [-0.1, -0.05) is 6.92 Å². The van der Waals surface area contributed by atoms with Crippen LogP contribution in [0, 0.1) is 11.8 Å². The van der Waals surface area contributed by atoms with E-state index in [2.05, 4.69) is 12.2 Å². The molecule has 0 bridgehead atoms. The second kappa shape index (κ2) is 4.28. The molecule has 0 aromatic rings. The SMILES string of the molecule is CC1COCCN(C(=O)C2CNC2)C1. The van der Waals surface area contributed by atoms with Gasteiger partial charge < -0.3 is 15.0 Å². The zero-order valence-electron chi connectivity index (χ0n) is 8.66. The van der Waals surface area contributed by atoms with Crippen molar-refractivity contribution in [3.8, 4) is 0 Å². The normalized spacial score (nSPS) is 29.5. The summed E-state index contributed by atoms with van der Waals surface area (Å²) in [6.45, 7) is 6.93. The highest BCUT2D eigenvalue weighted by molar-refractivity contribution is 5.80. The number of amides is 1. The van der Waals surface area contributed by atoms with Crippen LogP contribution in [0.5, 0.6) is 0 Å². The fraction of sp³-hybridized carbons (Fsp3) is 0.900. The smallest absolute Gasteiger partial charge is 0.228 e. The fourth-order valence-corrected chi connectivity index (χ4v) is 1.90. The first-order valence-electron chi connectivity index (χ1n) is 5.34. The highest BCUT2D eigenvalue weighted by atomic mass is 16.5. The van der Waals surface area contributed by atoms with Gasteiger partial charge in [-0.05, 0) is 5.92 Å². The average Bonchev–Trinajstić information content (AvgIpc) is 2.26. The predicted molar refractivity (Wildman–Crippen MR) is 52.9 cm³/mol. The van der Waals surface area contributed by atoms with Gasteiger partial charge in [0.2, 0.25) is 5.91 Å². The van der Waals surface area contributed by atoms with Crippen molar-refractivity contribution in [3.05, 3.63) is 0 Å². The lowest BCUT2D eigenvalue weighted by molar-refractivity contribution is -0.137. The number of carbonyl (C=O) groups excluding carboxylic acids is 1. The molecule has 1 unspecified atom stereocenters. The van der Waals surface area contributed by atoms with Gasteiger partial charge in [-0.3, -0.25) is 4.79 Å². The third kappa shape index (κ3) is 2.07. The summed E-state index contributed by atoms with van der Waals surface area (Å²) in [4.78, 5) is 13.9. The van der Waals surface area contributed by atoms with E-state index in [9.17, 15) is 4.79 Å². The Balaban J connectivity index is 1.90. The Labute approximate surface area is 84.6 Å². The van der Waals surface area contributed by atoms with Gasteiger partial charge in [0.15, 0.2) is 0 Å². The molecule has 0 saturated carbocycles. The van der Waals surface area contributed by atoms with Gasteiger partial charge in [0.05, 0.1) is 19.1 Å². The average molecular weight is 198 g/mol. The maximum absolute atomic E-state index is 11.9. The molecule has 2 rings (SSSR count). The third-order valence-corrected chi connectivity index (χ3v) is 2.88. The Morgan fingerprint density at radius 2 is 2.29 bits per heavy atom. The Hall–Kier alpha value is -0.610. The first kappa shape index (κ1) is 9.93. The first-order valence-corrected chi connectivity index (χ1v) is 5.34. The highest BCUT2D eigenvalue weighted by Crippen LogP contribution is 2.12. The van der Waals surface area contributed by atoms with Crippen molar-refractivity contribution in [2.45, 2.75) is 6.92 Å². The minimum atomic E-state index is 0.222. The van der Waals surface area contributed by atoms with Crippen LogP contribution in [0.2, 0.25) is 0 Å². The van der Waals surface area contributed by atoms with Crippen molar-refractivity contribution < 1.29 is 9.53 Å². The van der Waals surface area contributed by atoms with Crippen LogP contribution in [0.3, 0.4) is 0 Å². The van der Waals surface area contributed by atoms with E-state index in [-0.39, 0.29) is 5.92 Å². The molecule has 0 spiro atoms. The predicted octanol–water partition coefficient (Wildman–Crippen LogP) is -0.299. The maximum Gasteiger partial charge on any atom is 0.228 e. The molecule has 2 fully saturated rings. The summed E-state index contributed by atoms with van der Waals surface area (Å²) in [5.41, 5.74) is 0. The van der Waals surface area contributed by atoms with Crippen molar-refractivity contribution in [3.63, 3.8) is 0 Å². The molecular formula is C10H18N2O2. The van der Waals surface area contributed by atoms with Crippen LogP contribution >= 0.6 is 0 Å². The Morgan fingerprint density at radius 3 is 2.93 bits per heavy atom. The van der Waals surface area contributed by atoms with Crippen LogP contribution in [-0.4, -0.2) is 50.2 Å². The summed E-state index contributed by atoms with van der Waals surface area (Å²) in [7, 11) is 0. The van der Waals surface area contributed by atoms with Crippen LogP contribution in [0.4, 0.5) is 0 Å². The Morgan fingerprint density at radius 1 is 1.50 bits per heavy atom. The van der Waals surface area contributed by atoms with E-state index in [0.29, 0.717) is 18.4 Å². The lowest BCUT2D eigenvalue weighted by atomic mass is 10.0. The molecule has 0 aliphatic carbocycles. The van der Waals surface area contributed by atoms with Crippen molar-refractivity contribution in [2.75, 3.05) is 39.4 Å². The zero-order valence-corrected chi connectivity index (χ0v) is 8.66. The molecule has 2 aliphatic rings. The molecule has 2 saturated heterocycles. The first-order chi connectivity index (χ1) is 6.77. The second-order valence-electron chi connectivity index (χ2n) is 4.32. The Kier molecular flexibility index (Phi) is 3.03. The minimum Gasteiger partial charge on any atom is -0.379 e. The van der Waals surface area contributed by atoms with E-state index in [1.165, 1.54) is 0 Å². The minimum absolute atomic E-state index is 0.222. The maximum atomic E-state index is 11.9. The molecule has 1 amide bonds. The van der Waals surface area contributed by atoms with Gasteiger partial charge in [-0.15, -0.1) is 0 Å². The van der Waals surface area contributed by atoms with Crippen LogP contribution in [0.1, 0.15) is 6.92 Å². The molecular weight excluding hydrogens is 180 g/mol. The summed E-state index contributed by atoms with van der Waals surface area (Å²) in [6.07, 6.45) is 0. The van der Waals surface area contributed by atoms with E-state index < -0.39 is 0 Å². The molecule has 2 aliphatic heterocycles. The van der Waals surface area contributed by atoms with E-state index in [0.717, 1.165) is 32.8 Å². The molecule has 1 N–H and O–H groups in total. The van der Waals surface area contributed by atoms with Crippen LogP contribution in [-0.2, 0) is 9.53 Å². The van der Waals surface area contributed by atoms with Crippen LogP contribution < -0.4 is 5.32 Å². The number of hydrogen-bond donors (Lipinski definition) is 1. The largest absolute Gasteiger partial charge is 0.379 e. The van der Waals surface area contributed by atoms with Gasteiger partial charge in [0.25, 0.3) is 0 Å². The lowest BCUT2D eigenvalue weighted by Crippen LogP contribution is -2.52. The second-order valence-corrected chi connectivity index (χ2v) is 4.32. The fourth-order valence-electron chi connectivity index (χ4n) is 1.90. The monoisotopic (exact) mass is 198 g/mol. The number of nitrogens with one attached hydrogen (secondary N) is 1. The summed E-state index contributed by atoms with van der Waals surface area (Å²) in [5.74, 6) is 0.996. The molecule has 80 valence electrons. The van der Waals surface area contributed by atoms with Gasteiger partial charge >= 0.3 is 0 Å². The van der Waals surface area contributed by atoms with Crippen molar-refractivity contribution >= 4 is 5.91 Å². The zero-order chi connectivity index (χ0) is 9.97. The molecule has 4 nitrogen and oxygen atoms in total. The van der Waals surface area contributed by atoms with Gasteiger partial charge in [-0.25, -0.2) is 0 Å². The molecule has 0 aromatic heterocycles. The molecule has 0 radical (unpaired) electrons. The number of nitrogens with zero attached hydrogens (tertiary/aromatic N) is 1.